The van der Waals surface area contributed by atoms with E-state index in [1.807, 2.05) is 29.2 Å². The van der Waals surface area contributed by atoms with Crippen molar-refractivity contribution in [1.82, 2.24) is 4.90 Å². The van der Waals surface area contributed by atoms with Crippen LogP contribution in [0.3, 0.4) is 0 Å². The molecule has 20 heavy (non-hydrogen) atoms. The SMILES string of the molecule is COCCN1C[C@@H](Cc2cccc(C(C)=O)c2)CC1=O. The van der Waals surface area contributed by atoms with E-state index in [-0.39, 0.29) is 11.7 Å². The summed E-state index contributed by atoms with van der Waals surface area (Å²) in [5, 5.41) is 0. The highest BCUT2D eigenvalue weighted by atomic mass is 16.5. The fraction of sp³-hybridized carbons (Fsp3) is 0.500. The van der Waals surface area contributed by atoms with E-state index in [1.165, 1.54) is 0 Å². The highest BCUT2D eigenvalue weighted by molar-refractivity contribution is 5.94. The zero-order valence-electron chi connectivity index (χ0n) is 12.1. The van der Waals surface area contributed by atoms with Crippen LogP contribution in [0.25, 0.3) is 0 Å². The highest BCUT2D eigenvalue weighted by Gasteiger charge is 2.29. The molecule has 1 fully saturated rings. The number of rotatable bonds is 6. The Kier molecular flexibility index (Phi) is 4.90. The number of likely N-dealkylation sites (tertiary alicyclic amines) is 1. The molecule has 4 heteroatoms. The van der Waals surface area contributed by atoms with Crippen LogP contribution in [0.15, 0.2) is 24.3 Å². The van der Waals surface area contributed by atoms with Gasteiger partial charge in [-0.1, -0.05) is 18.2 Å². The zero-order valence-corrected chi connectivity index (χ0v) is 12.1. The number of hydrogen-bond acceptors (Lipinski definition) is 3. The van der Waals surface area contributed by atoms with Gasteiger partial charge in [0.15, 0.2) is 5.78 Å². The first-order valence-corrected chi connectivity index (χ1v) is 6.96. The van der Waals surface area contributed by atoms with Crippen molar-refractivity contribution in [1.29, 1.82) is 0 Å². The molecule has 1 aliphatic rings. The molecule has 0 N–H and O–H groups in total. The smallest absolute Gasteiger partial charge is 0.223 e. The summed E-state index contributed by atoms with van der Waals surface area (Å²) in [6.45, 7) is 3.61. The van der Waals surface area contributed by atoms with E-state index >= 15 is 0 Å². The van der Waals surface area contributed by atoms with Gasteiger partial charge in [0, 0.05) is 32.2 Å². The number of ether oxygens (including phenoxy) is 1. The summed E-state index contributed by atoms with van der Waals surface area (Å²) in [7, 11) is 1.64. The van der Waals surface area contributed by atoms with Crippen molar-refractivity contribution < 1.29 is 14.3 Å². The molecule has 0 aromatic heterocycles. The standard InChI is InChI=1S/C16H21NO3/c1-12(18)15-5-3-4-13(9-15)8-14-10-16(19)17(11-14)6-7-20-2/h3-5,9,14H,6-8,10-11H2,1-2H3/t14-/m0/s1. The molecule has 1 saturated heterocycles. The third-order valence-corrected chi connectivity index (χ3v) is 3.72. The maximum atomic E-state index is 11.9. The van der Waals surface area contributed by atoms with E-state index in [0.29, 0.717) is 25.5 Å². The monoisotopic (exact) mass is 275 g/mol. The first kappa shape index (κ1) is 14.7. The average molecular weight is 275 g/mol. The number of ketones is 1. The van der Waals surface area contributed by atoms with E-state index < -0.39 is 0 Å². The Labute approximate surface area is 119 Å². The van der Waals surface area contributed by atoms with Crippen LogP contribution in [-0.2, 0) is 16.0 Å². The predicted molar refractivity (Wildman–Crippen MR) is 76.7 cm³/mol. The van der Waals surface area contributed by atoms with Crippen LogP contribution in [0, 0.1) is 5.92 Å². The summed E-state index contributed by atoms with van der Waals surface area (Å²) in [5.74, 6) is 0.618. The van der Waals surface area contributed by atoms with Crippen molar-refractivity contribution in [2.45, 2.75) is 19.8 Å². The maximum absolute atomic E-state index is 11.9. The molecule has 1 aliphatic heterocycles. The van der Waals surface area contributed by atoms with Crippen LogP contribution in [0.2, 0.25) is 0 Å². The molecular formula is C16H21NO3. The minimum atomic E-state index is 0.0797. The molecule has 1 aromatic rings. The van der Waals surface area contributed by atoms with Crippen molar-refractivity contribution in [2.24, 2.45) is 5.92 Å². The minimum Gasteiger partial charge on any atom is -0.383 e. The second kappa shape index (κ2) is 6.66. The van der Waals surface area contributed by atoms with E-state index in [0.717, 1.165) is 24.1 Å². The van der Waals surface area contributed by atoms with Crippen LogP contribution >= 0.6 is 0 Å². The molecule has 0 unspecified atom stereocenters. The van der Waals surface area contributed by atoms with Crippen LogP contribution in [0.1, 0.15) is 29.3 Å². The summed E-state index contributed by atoms with van der Waals surface area (Å²) in [4.78, 5) is 25.1. The quantitative estimate of drug-likeness (QED) is 0.745. The van der Waals surface area contributed by atoms with Gasteiger partial charge in [0.1, 0.15) is 0 Å². The Morgan fingerprint density at radius 3 is 2.95 bits per heavy atom. The first-order valence-electron chi connectivity index (χ1n) is 6.96. The third kappa shape index (κ3) is 3.67. The van der Waals surface area contributed by atoms with Crippen LogP contribution in [-0.4, -0.2) is 43.4 Å². The van der Waals surface area contributed by atoms with Crippen LogP contribution in [0.4, 0.5) is 0 Å². The van der Waals surface area contributed by atoms with Gasteiger partial charge in [-0.05, 0) is 30.9 Å². The first-order chi connectivity index (χ1) is 9.60. The number of Topliss-reactive ketones (excluding diaryl/α,β-unsaturated/α-hetero) is 1. The van der Waals surface area contributed by atoms with Crippen molar-refractivity contribution in [3.05, 3.63) is 35.4 Å². The van der Waals surface area contributed by atoms with Gasteiger partial charge >= 0.3 is 0 Å². The fourth-order valence-electron chi connectivity index (χ4n) is 2.66. The van der Waals surface area contributed by atoms with E-state index in [4.69, 9.17) is 4.74 Å². The molecule has 0 saturated carbocycles. The molecule has 0 bridgehead atoms. The lowest BCUT2D eigenvalue weighted by atomic mass is 9.96. The second-order valence-electron chi connectivity index (χ2n) is 5.36. The minimum absolute atomic E-state index is 0.0797. The van der Waals surface area contributed by atoms with Gasteiger partial charge in [-0.15, -0.1) is 0 Å². The molecule has 108 valence electrons. The molecule has 0 aliphatic carbocycles. The normalized spacial score (nSPS) is 18.6. The summed E-state index contributed by atoms with van der Waals surface area (Å²) in [5.41, 5.74) is 1.87. The maximum Gasteiger partial charge on any atom is 0.223 e. The number of benzene rings is 1. The van der Waals surface area contributed by atoms with Gasteiger partial charge in [-0.3, -0.25) is 9.59 Å². The average Bonchev–Trinajstić information content (AvgIpc) is 2.76. The molecule has 1 heterocycles. The largest absolute Gasteiger partial charge is 0.383 e. The second-order valence-corrected chi connectivity index (χ2v) is 5.36. The Morgan fingerprint density at radius 2 is 2.25 bits per heavy atom. The summed E-state index contributed by atoms with van der Waals surface area (Å²) in [6.07, 6.45) is 1.43. The van der Waals surface area contributed by atoms with E-state index in [1.54, 1.807) is 14.0 Å². The van der Waals surface area contributed by atoms with Gasteiger partial charge in [-0.2, -0.15) is 0 Å². The topological polar surface area (TPSA) is 46.6 Å². The number of carbonyl (C=O) groups excluding carboxylic acids is 2. The van der Waals surface area contributed by atoms with E-state index in [9.17, 15) is 9.59 Å². The molecule has 0 spiro atoms. The molecule has 4 nitrogen and oxygen atoms in total. The van der Waals surface area contributed by atoms with Crippen molar-refractivity contribution >= 4 is 11.7 Å². The lowest BCUT2D eigenvalue weighted by Crippen LogP contribution is -2.28. The molecule has 1 amide bonds. The lowest BCUT2D eigenvalue weighted by molar-refractivity contribution is -0.128. The van der Waals surface area contributed by atoms with Crippen molar-refractivity contribution in [3.8, 4) is 0 Å². The summed E-state index contributed by atoms with van der Waals surface area (Å²) < 4.78 is 5.02. The van der Waals surface area contributed by atoms with Gasteiger partial charge in [0.2, 0.25) is 5.91 Å². The molecular weight excluding hydrogens is 254 g/mol. The molecule has 0 radical (unpaired) electrons. The van der Waals surface area contributed by atoms with Crippen LogP contribution < -0.4 is 0 Å². The van der Waals surface area contributed by atoms with Gasteiger partial charge in [0.25, 0.3) is 0 Å². The Morgan fingerprint density at radius 1 is 1.45 bits per heavy atom. The molecule has 1 atom stereocenters. The molecule has 1 aromatic carbocycles. The van der Waals surface area contributed by atoms with Gasteiger partial charge in [0.05, 0.1) is 6.61 Å². The predicted octanol–water partition coefficient (Wildman–Crippen LogP) is 1.93. The van der Waals surface area contributed by atoms with E-state index in [2.05, 4.69) is 0 Å². The van der Waals surface area contributed by atoms with Gasteiger partial charge < -0.3 is 9.64 Å². The Bertz CT molecular complexity index is 498. The summed E-state index contributed by atoms with van der Waals surface area (Å²) >= 11 is 0. The number of amides is 1. The fourth-order valence-corrected chi connectivity index (χ4v) is 2.66. The third-order valence-electron chi connectivity index (χ3n) is 3.72. The highest BCUT2D eigenvalue weighted by Crippen LogP contribution is 2.22. The van der Waals surface area contributed by atoms with Gasteiger partial charge in [-0.25, -0.2) is 0 Å². The van der Waals surface area contributed by atoms with Crippen molar-refractivity contribution in [3.63, 3.8) is 0 Å². The van der Waals surface area contributed by atoms with Crippen LogP contribution in [0.5, 0.6) is 0 Å². The zero-order chi connectivity index (χ0) is 14.5. The Hall–Kier alpha value is -1.68. The number of methoxy groups -OCH3 is 1. The lowest BCUT2D eigenvalue weighted by Gasteiger charge is -2.16. The number of hydrogen-bond donors (Lipinski definition) is 0. The molecule has 2 rings (SSSR count). The number of nitrogens with zero attached hydrogens (tertiary/aromatic N) is 1. The summed E-state index contributed by atoms with van der Waals surface area (Å²) in [6, 6.07) is 7.70. The van der Waals surface area contributed by atoms with Crippen molar-refractivity contribution in [2.75, 3.05) is 26.8 Å². The Balaban J connectivity index is 1.96. The number of carbonyl (C=O) groups is 2.